The van der Waals surface area contributed by atoms with Crippen LogP contribution < -0.4 is 5.32 Å². The Labute approximate surface area is 117 Å². The van der Waals surface area contributed by atoms with Gasteiger partial charge >= 0.3 is 0 Å². The number of amides is 2. The molecular formula is C12H13BrN2O2S. The normalized spacial score (nSPS) is 26.9. The van der Waals surface area contributed by atoms with Crippen LogP contribution in [0.3, 0.4) is 0 Å². The number of carbonyl (C=O) groups excluding carboxylic acids is 2. The average Bonchev–Trinajstić information content (AvgIpc) is 2.95. The number of nitrogens with one attached hydrogen (secondary N) is 1. The molecule has 0 spiro atoms. The van der Waals surface area contributed by atoms with Crippen molar-refractivity contribution in [3.63, 3.8) is 0 Å². The van der Waals surface area contributed by atoms with E-state index in [1.807, 2.05) is 16.3 Å². The van der Waals surface area contributed by atoms with Crippen molar-refractivity contribution >= 4 is 39.1 Å². The lowest BCUT2D eigenvalue weighted by atomic mass is 9.91. The molecule has 2 atom stereocenters. The molecule has 0 aromatic carbocycles. The van der Waals surface area contributed by atoms with Crippen LogP contribution in [0.1, 0.15) is 22.5 Å². The highest BCUT2D eigenvalue weighted by atomic mass is 79.9. The molecule has 1 aromatic heterocycles. The maximum Gasteiger partial charge on any atom is 0.265 e. The van der Waals surface area contributed by atoms with E-state index in [2.05, 4.69) is 21.2 Å². The Hall–Kier alpha value is -0.880. The summed E-state index contributed by atoms with van der Waals surface area (Å²) in [6, 6.07) is 1.92. The van der Waals surface area contributed by atoms with E-state index >= 15 is 0 Å². The van der Waals surface area contributed by atoms with Crippen molar-refractivity contribution in [3.05, 3.63) is 20.8 Å². The highest BCUT2D eigenvalue weighted by Gasteiger charge is 2.43. The summed E-state index contributed by atoms with van der Waals surface area (Å²) in [4.78, 5) is 26.8. The first-order valence-corrected chi connectivity index (χ1v) is 7.67. The summed E-state index contributed by atoms with van der Waals surface area (Å²) in [7, 11) is 0. The molecule has 2 unspecified atom stereocenters. The summed E-state index contributed by atoms with van der Waals surface area (Å²) >= 11 is 4.84. The lowest BCUT2D eigenvalue weighted by molar-refractivity contribution is -0.123. The van der Waals surface area contributed by atoms with E-state index in [0.717, 1.165) is 28.7 Å². The van der Waals surface area contributed by atoms with Gasteiger partial charge in [0.15, 0.2) is 0 Å². The van der Waals surface area contributed by atoms with Gasteiger partial charge in [0.25, 0.3) is 5.91 Å². The van der Waals surface area contributed by atoms with Crippen molar-refractivity contribution in [1.29, 1.82) is 0 Å². The van der Waals surface area contributed by atoms with Gasteiger partial charge in [-0.2, -0.15) is 0 Å². The van der Waals surface area contributed by atoms with Gasteiger partial charge in [-0.05, 0) is 40.2 Å². The first kappa shape index (κ1) is 12.2. The Morgan fingerprint density at radius 3 is 3.11 bits per heavy atom. The number of piperidine rings is 1. The second-order valence-electron chi connectivity index (χ2n) is 4.66. The lowest BCUT2D eigenvalue weighted by Crippen LogP contribution is -2.48. The zero-order valence-corrected chi connectivity index (χ0v) is 12.1. The largest absolute Gasteiger partial charge is 0.354 e. The van der Waals surface area contributed by atoms with Gasteiger partial charge in [-0.1, -0.05) is 0 Å². The van der Waals surface area contributed by atoms with Crippen LogP contribution in [0.2, 0.25) is 0 Å². The minimum atomic E-state index is -0.0126. The van der Waals surface area contributed by atoms with E-state index in [1.165, 1.54) is 11.3 Å². The van der Waals surface area contributed by atoms with Crippen molar-refractivity contribution in [3.8, 4) is 0 Å². The molecule has 0 bridgehead atoms. The number of likely N-dealkylation sites (tertiary alicyclic amines) is 1. The first-order chi connectivity index (χ1) is 8.68. The summed E-state index contributed by atoms with van der Waals surface area (Å²) in [5, 5.41) is 4.76. The topological polar surface area (TPSA) is 49.4 Å². The molecular weight excluding hydrogens is 316 g/mol. The number of carbonyl (C=O) groups is 2. The SMILES string of the molecule is O=C1NCC2C1CCCN2C(=O)c1sccc1Br. The van der Waals surface area contributed by atoms with E-state index in [4.69, 9.17) is 0 Å². The highest BCUT2D eigenvalue weighted by molar-refractivity contribution is 9.10. The van der Waals surface area contributed by atoms with Crippen LogP contribution >= 0.6 is 27.3 Å². The van der Waals surface area contributed by atoms with Crippen molar-refractivity contribution in [2.75, 3.05) is 13.1 Å². The lowest BCUT2D eigenvalue weighted by Gasteiger charge is -2.35. The van der Waals surface area contributed by atoms with Crippen molar-refractivity contribution in [2.24, 2.45) is 5.92 Å². The van der Waals surface area contributed by atoms with Crippen LogP contribution in [-0.4, -0.2) is 35.8 Å². The fourth-order valence-electron chi connectivity index (χ4n) is 2.78. The third-order valence-corrected chi connectivity index (χ3v) is 5.50. The fourth-order valence-corrected chi connectivity index (χ4v) is 4.28. The third kappa shape index (κ3) is 1.87. The second kappa shape index (κ2) is 4.66. The molecule has 2 aliphatic heterocycles. The number of hydrogen-bond donors (Lipinski definition) is 1. The zero-order chi connectivity index (χ0) is 12.7. The summed E-state index contributed by atoms with van der Waals surface area (Å²) in [6.07, 6.45) is 1.80. The molecule has 96 valence electrons. The number of halogens is 1. The minimum absolute atomic E-state index is 0.0126. The highest BCUT2D eigenvalue weighted by Crippen LogP contribution is 2.31. The number of hydrogen-bond acceptors (Lipinski definition) is 3. The second-order valence-corrected chi connectivity index (χ2v) is 6.43. The molecule has 2 aliphatic rings. The van der Waals surface area contributed by atoms with Gasteiger partial charge in [0, 0.05) is 17.6 Å². The monoisotopic (exact) mass is 328 g/mol. The van der Waals surface area contributed by atoms with E-state index in [0.29, 0.717) is 6.54 Å². The molecule has 1 N–H and O–H groups in total. The summed E-state index contributed by atoms with van der Waals surface area (Å²) in [5.41, 5.74) is 0. The first-order valence-electron chi connectivity index (χ1n) is 6.00. The molecule has 4 nitrogen and oxygen atoms in total. The van der Waals surface area contributed by atoms with E-state index in [-0.39, 0.29) is 23.8 Å². The molecule has 2 fully saturated rings. The number of rotatable bonds is 1. The predicted octanol–water partition coefficient (Wildman–Crippen LogP) is 1.86. The molecule has 2 amide bonds. The van der Waals surface area contributed by atoms with Gasteiger partial charge in [0.2, 0.25) is 5.91 Å². The van der Waals surface area contributed by atoms with Crippen LogP contribution in [0, 0.1) is 5.92 Å². The molecule has 0 radical (unpaired) electrons. The molecule has 3 rings (SSSR count). The molecule has 18 heavy (non-hydrogen) atoms. The van der Waals surface area contributed by atoms with Crippen LogP contribution in [0.5, 0.6) is 0 Å². The quantitative estimate of drug-likeness (QED) is 0.855. The Morgan fingerprint density at radius 2 is 2.39 bits per heavy atom. The molecule has 1 aromatic rings. The number of fused-ring (bicyclic) bond motifs is 1. The number of thiophene rings is 1. The minimum Gasteiger partial charge on any atom is -0.354 e. The zero-order valence-electron chi connectivity index (χ0n) is 9.69. The summed E-state index contributed by atoms with van der Waals surface area (Å²) < 4.78 is 0.844. The third-order valence-electron chi connectivity index (χ3n) is 3.67. The molecule has 2 saturated heterocycles. The molecule has 6 heteroatoms. The maximum absolute atomic E-state index is 12.5. The Bertz CT molecular complexity index is 502. The standard InChI is InChI=1S/C12H13BrN2O2S/c13-8-3-5-18-10(8)12(17)15-4-1-2-7-9(15)6-14-11(7)16/h3,5,7,9H,1-2,4,6H2,(H,14,16). The van der Waals surface area contributed by atoms with Gasteiger partial charge in [0.1, 0.15) is 4.88 Å². The summed E-state index contributed by atoms with van der Waals surface area (Å²) in [5.74, 6) is 0.132. The van der Waals surface area contributed by atoms with Gasteiger partial charge in [0.05, 0.1) is 12.0 Å². The van der Waals surface area contributed by atoms with E-state index < -0.39 is 0 Å². The maximum atomic E-state index is 12.5. The smallest absolute Gasteiger partial charge is 0.265 e. The Morgan fingerprint density at radius 1 is 1.56 bits per heavy atom. The van der Waals surface area contributed by atoms with Gasteiger partial charge in [-0.25, -0.2) is 0 Å². The van der Waals surface area contributed by atoms with E-state index in [9.17, 15) is 9.59 Å². The van der Waals surface area contributed by atoms with Gasteiger partial charge in [-0.15, -0.1) is 11.3 Å². The average molecular weight is 329 g/mol. The van der Waals surface area contributed by atoms with Crippen LogP contribution in [0.4, 0.5) is 0 Å². The Kier molecular flexibility index (Phi) is 3.15. The van der Waals surface area contributed by atoms with Gasteiger partial charge < -0.3 is 10.2 Å². The van der Waals surface area contributed by atoms with Crippen LogP contribution in [0.15, 0.2) is 15.9 Å². The summed E-state index contributed by atoms with van der Waals surface area (Å²) in [6.45, 7) is 1.34. The predicted molar refractivity (Wildman–Crippen MR) is 72.6 cm³/mol. The van der Waals surface area contributed by atoms with Crippen molar-refractivity contribution in [2.45, 2.75) is 18.9 Å². The van der Waals surface area contributed by atoms with Crippen molar-refractivity contribution < 1.29 is 9.59 Å². The molecule has 0 aliphatic carbocycles. The molecule has 0 saturated carbocycles. The van der Waals surface area contributed by atoms with E-state index in [1.54, 1.807) is 0 Å². The number of nitrogens with zero attached hydrogens (tertiary/aromatic N) is 1. The molecule has 3 heterocycles. The van der Waals surface area contributed by atoms with Gasteiger partial charge in [-0.3, -0.25) is 9.59 Å². The Balaban J connectivity index is 1.86. The fraction of sp³-hybridized carbons (Fsp3) is 0.500. The van der Waals surface area contributed by atoms with Crippen molar-refractivity contribution in [1.82, 2.24) is 10.2 Å². The van der Waals surface area contributed by atoms with Crippen LogP contribution in [-0.2, 0) is 4.79 Å². The van der Waals surface area contributed by atoms with Crippen LogP contribution in [0.25, 0.3) is 0 Å².